The molecule has 0 saturated carbocycles. The van der Waals surface area contributed by atoms with Crippen LogP contribution in [0.25, 0.3) is 0 Å². The van der Waals surface area contributed by atoms with Crippen LogP contribution in [0.1, 0.15) is 15.9 Å². The summed E-state index contributed by atoms with van der Waals surface area (Å²) in [6.45, 7) is 0.184. The van der Waals surface area contributed by atoms with Gasteiger partial charge in [-0.25, -0.2) is 4.39 Å². The summed E-state index contributed by atoms with van der Waals surface area (Å²) in [5, 5.41) is 0.304. The summed E-state index contributed by atoms with van der Waals surface area (Å²) >= 11 is 5.88. The van der Waals surface area contributed by atoms with Crippen molar-refractivity contribution in [1.29, 1.82) is 0 Å². The number of rotatable bonds is 4. The molecule has 0 aliphatic carbocycles. The summed E-state index contributed by atoms with van der Waals surface area (Å²) in [7, 11) is 0. The molecule has 0 aliphatic rings. The van der Waals surface area contributed by atoms with E-state index in [4.69, 9.17) is 16.3 Å². The SMILES string of the molecule is O=Cc1ccccc1OCc1ccc(F)cc1Cl. The highest BCUT2D eigenvalue weighted by Crippen LogP contribution is 2.21. The second kappa shape index (κ2) is 5.65. The van der Waals surface area contributed by atoms with Gasteiger partial charge in [0.2, 0.25) is 0 Å². The highest BCUT2D eigenvalue weighted by atomic mass is 35.5. The Morgan fingerprint density at radius 3 is 2.72 bits per heavy atom. The van der Waals surface area contributed by atoms with Crippen molar-refractivity contribution in [3.05, 3.63) is 64.4 Å². The molecule has 0 bridgehead atoms. The molecule has 2 rings (SSSR count). The van der Waals surface area contributed by atoms with Crippen molar-refractivity contribution < 1.29 is 13.9 Å². The average Bonchev–Trinajstić information content (AvgIpc) is 2.38. The van der Waals surface area contributed by atoms with Crippen molar-refractivity contribution in [2.45, 2.75) is 6.61 Å². The molecule has 0 atom stereocenters. The van der Waals surface area contributed by atoms with Gasteiger partial charge in [-0.3, -0.25) is 4.79 Å². The molecular formula is C14H10ClFO2. The summed E-state index contributed by atoms with van der Waals surface area (Å²) < 4.78 is 18.4. The summed E-state index contributed by atoms with van der Waals surface area (Å²) in [4.78, 5) is 10.8. The molecule has 0 aromatic heterocycles. The lowest BCUT2D eigenvalue weighted by Gasteiger charge is -2.09. The van der Waals surface area contributed by atoms with Gasteiger partial charge in [0, 0.05) is 5.56 Å². The second-order valence-corrected chi connectivity index (χ2v) is 4.09. The summed E-state index contributed by atoms with van der Waals surface area (Å²) in [6.07, 6.45) is 0.724. The van der Waals surface area contributed by atoms with Crippen molar-refractivity contribution in [3.8, 4) is 5.75 Å². The molecule has 92 valence electrons. The number of aldehydes is 1. The molecule has 0 unspecified atom stereocenters. The molecule has 0 aliphatic heterocycles. The average molecular weight is 265 g/mol. The van der Waals surface area contributed by atoms with Gasteiger partial charge in [-0.1, -0.05) is 29.8 Å². The van der Waals surface area contributed by atoms with Crippen LogP contribution < -0.4 is 4.74 Å². The maximum Gasteiger partial charge on any atom is 0.153 e. The van der Waals surface area contributed by atoms with Gasteiger partial charge in [0.25, 0.3) is 0 Å². The Labute approximate surface area is 109 Å². The standard InChI is InChI=1S/C14H10ClFO2/c15-13-7-12(16)6-5-11(13)9-18-14-4-2-1-3-10(14)8-17/h1-8H,9H2. The molecule has 0 radical (unpaired) electrons. The molecule has 0 spiro atoms. The number of hydrogen-bond donors (Lipinski definition) is 0. The van der Waals surface area contributed by atoms with Crippen LogP contribution in [-0.4, -0.2) is 6.29 Å². The van der Waals surface area contributed by atoms with E-state index in [0.717, 1.165) is 6.29 Å². The largest absolute Gasteiger partial charge is 0.488 e. The molecule has 2 nitrogen and oxygen atoms in total. The minimum Gasteiger partial charge on any atom is -0.488 e. The fraction of sp³-hybridized carbons (Fsp3) is 0.0714. The molecule has 0 amide bonds. The van der Waals surface area contributed by atoms with Gasteiger partial charge in [-0.2, -0.15) is 0 Å². The van der Waals surface area contributed by atoms with E-state index in [2.05, 4.69) is 0 Å². The Hall–Kier alpha value is -1.87. The molecule has 0 fully saturated rings. The first-order valence-corrected chi connectivity index (χ1v) is 5.69. The normalized spacial score (nSPS) is 10.1. The van der Waals surface area contributed by atoms with Crippen LogP contribution in [0.15, 0.2) is 42.5 Å². The second-order valence-electron chi connectivity index (χ2n) is 3.68. The van der Waals surface area contributed by atoms with Gasteiger partial charge >= 0.3 is 0 Å². The molecular weight excluding hydrogens is 255 g/mol. The Morgan fingerprint density at radius 1 is 1.22 bits per heavy atom. The van der Waals surface area contributed by atoms with E-state index in [1.807, 2.05) is 0 Å². The summed E-state index contributed by atoms with van der Waals surface area (Å²) in [6, 6.07) is 11.0. The highest BCUT2D eigenvalue weighted by Gasteiger charge is 2.05. The van der Waals surface area contributed by atoms with Gasteiger partial charge in [0.1, 0.15) is 18.2 Å². The zero-order chi connectivity index (χ0) is 13.0. The number of carbonyl (C=O) groups is 1. The smallest absolute Gasteiger partial charge is 0.153 e. The van der Waals surface area contributed by atoms with Gasteiger partial charge in [-0.05, 0) is 24.3 Å². The fourth-order valence-corrected chi connectivity index (χ4v) is 1.73. The number of para-hydroxylation sites is 1. The maximum atomic E-state index is 12.9. The summed E-state index contributed by atoms with van der Waals surface area (Å²) in [5.74, 6) is 0.0879. The zero-order valence-corrected chi connectivity index (χ0v) is 10.2. The predicted octanol–water partition coefficient (Wildman–Crippen LogP) is 3.87. The molecule has 18 heavy (non-hydrogen) atoms. The van der Waals surface area contributed by atoms with E-state index in [-0.39, 0.29) is 6.61 Å². The topological polar surface area (TPSA) is 26.3 Å². The van der Waals surface area contributed by atoms with Crippen molar-refractivity contribution in [3.63, 3.8) is 0 Å². The third-order valence-electron chi connectivity index (χ3n) is 2.44. The van der Waals surface area contributed by atoms with E-state index >= 15 is 0 Å². The van der Waals surface area contributed by atoms with Crippen LogP contribution in [0.4, 0.5) is 4.39 Å². The fourth-order valence-electron chi connectivity index (χ4n) is 1.50. The van der Waals surface area contributed by atoms with Crippen LogP contribution in [0.5, 0.6) is 5.75 Å². The van der Waals surface area contributed by atoms with E-state index in [9.17, 15) is 9.18 Å². The lowest BCUT2D eigenvalue weighted by molar-refractivity contribution is 0.111. The van der Waals surface area contributed by atoms with Crippen molar-refractivity contribution in [2.75, 3.05) is 0 Å². The van der Waals surface area contributed by atoms with Gasteiger partial charge in [-0.15, -0.1) is 0 Å². The van der Waals surface area contributed by atoms with E-state index < -0.39 is 5.82 Å². The van der Waals surface area contributed by atoms with E-state index in [1.54, 1.807) is 30.3 Å². The van der Waals surface area contributed by atoms with Crippen molar-refractivity contribution >= 4 is 17.9 Å². The minimum absolute atomic E-state index is 0.184. The Morgan fingerprint density at radius 2 is 2.00 bits per heavy atom. The summed E-state index contributed by atoms with van der Waals surface area (Å²) in [5.41, 5.74) is 1.13. The number of carbonyl (C=O) groups excluding carboxylic acids is 1. The quantitative estimate of drug-likeness (QED) is 0.784. The lowest BCUT2D eigenvalue weighted by Crippen LogP contribution is -1.99. The predicted molar refractivity (Wildman–Crippen MR) is 67.6 cm³/mol. The molecule has 0 saturated heterocycles. The number of hydrogen-bond acceptors (Lipinski definition) is 2. The van der Waals surface area contributed by atoms with Crippen molar-refractivity contribution in [1.82, 2.24) is 0 Å². The molecule has 2 aromatic rings. The minimum atomic E-state index is -0.392. The lowest BCUT2D eigenvalue weighted by atomic mass is 10.2. The molecule has 2 aromatic carbocycles. The monoisotopic (exact) mass is 264 g/mol. The number of halogens is 2. The molecule has 4 heteroatoms. The van der Waals surface area contributed by atoms with Crippen LogP contribution in [-0.2, 0) is 6.61 Å². The van der Waals surface area contributed by atoms with E-state index in [0.29, 0.717) is 21.9 Å². The van der Waals surface area contributed by atoms with Crippen LogP contribution in [0.3, 0.4) is 0 Å². The molecule has 0 N–H and O–H groups in total. The number of ether oxygens (including phenoxy) is 1. The van der Waals surface area contributed by atoms with Crippen LogP contribution >= 0.6 is 11.6 Å². The first kappa shape index (κ1) is 12.6. The zero-order valence-electron chi connectivity index (χ0n) is 9.40. The van der Waals surface area contributed by atoms with Gasteiger partial charge in [0.05, 0.1) is 10.6 Å². The number of benzene rings is 2. The first-order chi connectivity index (χ1) is 8.70. The van der Waals surface area contributed by atoms with Crippen molar-refractivity contribution in [2.24, 2.45) is 0 Å². The highest BCUT2D eigenvalue weighted by molar-refractivity contribution is 6.31. The first-order valence-electron chi connectivity index (χ1n) is 5.31. The van der Waals surface area contributed by atoms with E-state index in [1.165, 1.54) is 12.1 Å². The van der Waals surface area contributed by atoms with Crippen LogP contribution in [0, 0.1) is 5.82 Å². The van der Waals surface area contributed by atoms with Crippen LogP contribution in [0.2, 0.25) is 5.02 Å². The third-order valence-corrected chi connectivity index (χ3v) is 2.80. The maximum absolute atomic E-state index is 12.9. The Balaban J connectivity index is 2.14. The Kier molecular flexibility index (Phi) is 3.95. The van der Waals surface area contributed by atoms with Gasteiger partial charge in [0.15, 0.2) is 6.29 Å². The third kappa shape index (κ3) is 2.87. The van der Waals surface area contributed by atoms with Gasteiger partial charge < -0.3 is 4.74 Å². The Bertz CT molecular complexity index is 569. The molecule has 0 heterocycles.